The molecule has 3 nitrogen and oxygen atoms in total. The van der Waals surface area contributed by atoms with Gasteiger partial charge in [0.15, 0.2) is 0 Å². The molecule has 0 spiro atoms. The summed E-state index contributed by atoms with van der Waals surface area (Å²) < 4.78 is 0. The van der Waals surface area contributed by atoms with E-state index in [1.54, 1.807) is 6.20 Å². The van der Waals surface area contributed by atoms with Crippen LogP contribution in [0.15, 0.2) is 43.2 Å². The average Bonchev–Trinajstić information content (AvgIpc) is 2.56. The molecule has 0 aliphatic heterocycles. The van der Waals surface area contributed by atoms with Gasteiger partial charge in [-0.05, 0) is 76.2 Å². The summed E-state index contributed by atoms with van der Waals surface area (Å²) in [5.74, 6) is 0. The molecule has 2 aromatic rings. The molecule has 0 aromatic carbocycles. The number of hydrogen-bond donors (Lipinski definition) is 0. The minimum Gasteiger partial charge on any atom is -0.306 e. The summed E-state index contributed by atoms with van der Waals surface area (Å²) in [5.41, 5.74) is 5.19. The Morgan fingerprint density at radius 1 is 1.04 bits per heavy atom. The summed E-state index contributed by atoms with van der Waals surface area (Å²) in [6.07, 6.45) is 6.15. The predicted molar refractivity (Wildman–Crippen MR) is 104 cm³/mol. The molecule has 0 aliphatic rings. The van der Waals surface area contributed by atoms with Crippen molar-refractivity contribution < 1.29 is 0 Å². The van der Waals surface area contributed by atoms with Crippen LogP contribution in [0.5, 0.6) is 0 Å². The first kappa shape index (κ1) is 20.0. The third kappa shape index (κ3) is 6.63. The predicted octanol–water partition coefficient (Wildman–Crippen LogP) is 4.89. The van der Waals surface area contributed by atoms with E-state index in [2.05, 4.69) is 42.3 Å². The van der Waals surface area contributed by atoms with Gasteiger partial charge in [-0.25, -0.2) is 0 Å². The number of aryl methyl sites for hydroxylation is 2. The molecular weight excluding hydrogens is 294 g/mol. The normalized spacial score (nSPS) is 10.2. The lowest BCUT2D eigenvalue weighted by Crippen LogP contribution is -2.19. The first-order chi connectivity index (χ1) is 11.5. The van der Waals surface area contributed by atoms with Crippen LogP contribution in [0.25, 0.3) is 5.57 Å². The topological polar surface area (TPSA) is 29.0 Å². The van der Waals surface area contributed by atoms with Gasteiger partial charge in [0, 0.05) is 29.3 Å². The molecule has 2 rings (SSSR count). The number of nitrogens with zero attached hydrogens (tertiary/aromatic N) is 3. The molecule has 0 saturated heterocycles. The van der Waals surface area contributed by atoms with Crippen LogP contribution in [0.4, 0.5) is 0 Å². The molecule has 0 saturated carbocycles. The van der Waals surface area contributed by atoms with E-state index >= 15 is 0 Å². The molecule has 130 valence electrons. The van der Waals surface area contributed by atoms with Crippen molar-refractivity contribution >= 4 is 5.57 Å². The van der Waals surface area contributed by atoms with Gasteiger partial charge in [-0.3, -0.25) is 9.97 Å². The Balaban J connectivity index is 0.000000307. The highest BCUT2D eigenvalue weighted by molar-refractivity contribution is 5.78. The van der Waals surface area contributed by atoms with Crippen molar-refractivity contribution in [1.29, 1.82) is 0 Å². The second kappa shape index (κ2) is 10.7. The zero-order valence-electron chi connectivity index (χ0n) is 15.8. The SMILES string of the molecule is C=C(c1ccnc(C)c1)c1cccnc1C.CCCN(C)CCC. The lowest BCUT2D eigenvalue weighted by atomic mass is 9.99. The third-order valence-electron chi connectivity index (χ3n) is 3.79. The van der Waals surface area contributed by atoms with E-state index in [-0.39, 0.29) is 0 Å². The quantitative estimate of drug-likeness (QED) is 0.757. The Morgan fingerprint density at radius 2 is 1.71 bits per heavy atom. The van der Waals surface area contributed by atoms with Gasteiger partial charge in [-0.1, -0.05) is 26.5 Å². The summed E-state index contributed by atoms with van der Waals surface area (Å²) in [5, 5.41) is 0. The van der Waals surface area contributed by atoms with Gasteiger partial charge in [0.2, 0.25) is 0 Å². The zero-order valence-corrected chi connectivity index (χ0v) is 15.8. The Hall–Kier alpha value is -2.00. The van der Waals surface area contributed by atoms with Gasteiger partial charge in [0.05, 0.1) is 0 Å². The number of aromatic nitrogens is 2. The van der Waals surface area contributed by atoms with Crippen molar-refractivity contribution in [2.75, 3.05) is 20.1 Å². The second-order valence-electron chi connectivity index (χ2n) is 6.10. The molecule has 0 aliphatic carbocycles. The van der Waals surface area contributed by atoms with E-state index < -0.39 is 0 Å². The lowest BCUT2D eigenvalue weighted by molar-refractivity contribution is 0.335. The van der Waals surface area contributed by atoms with Crippen molar-refractivity contribution in [3.8, 4) is 0 Å². The molecule has 0 fully saturated rings. The molecule has 0 N–H and O–H groups in total. The molecule has 0 atom stereocenters. The van der Waals surface area contributed by atoms with Crippen LogP contribution in [0.3, 0.4) is 0 Å². The maximum Gasteiger partial charge on any atom is 0.0450 e. The first-order valence-corrected chi connectivity index (χ1v) is 8.72. The fourth-order valence-corrected chi connectivity index (χ4v) is 2.57. The Kier molecular flexibility index (Phi) is 8.95. The second-order valence-corrected chi connectivity index (χ2v) is 6.10. The van der Waals surface area contributed by atoms with Gasteiger partial charge < -0.3 is 4.90 Å². The van der Waals surface area contributed by atoms with Gasteiger partial charge in [0.1, 0.15) is 0 Å². The minimum absolute atomic E-state index is 0.996. The number of hydrogen-bond acceptors (Lipinski definition) is 3. The van der Waals surface area contributed by atoms with E-state index in [1.807, 2.05) is 44.3 Å². The highest BCUT2D eigenvalue weighted by Crippen LogP contribution is 2.23. The Bertz CT molecular complexity index is 628. The molecule has 24 heavy (non-hydrogen) atoms. The largest absolute Gasteiger partial charge is 0.306 e. The van der Waals surface area contributed by atoms with Gasteiger partial charge in [-0.15, -0.1) is 0 Å². The molecule has 0 unspecified atom stereocenters. The molecule has 3 heteroatoms. The average molecular weight is 326 g/mol. The van der Waals surface area contributed by atoms with Gasteiger partial charge in [0.25, 0.3) is 0 Å². The molecule has 0 amide bonds. The van der Waals surface area contributed by atoms with E-state index in [4.69, 9.17) is 0 Å². The summed E-state index contributed by atoms with van der Waals surface area (Å²) in [4.78, 5) is 10.8. The Morgan fingerprint density at radius 3 is 2.25 bits per heavy atom. The van der Waals surface area contributed by atoms with Crippen molar-refractivity contribution in [2.24, 2.45) is 0 Å². The van der Waals surface area contributed by atoms with Crippen LogP contribution in [-0.4, -0.2) is 35.0 Å². The van der Waals surface area contributed by atoms with Crippen LogP contribution in [0.1, 0.15) is 49.2 Å². The molecule has 0 bridgehead atoms. The zero-order chi connectivity index (χ0) is 17.9. The van der Waals surface area contributed by atoms with E-state index in [0.717, 1.165) is 28.1 Å². The van der Waals surface area contributed by atoms with Gasteiger partial charge in [-0.2, -0.15) is 0 Å². The minimum atomic E-state index is 0.996. The molecule has 0 radical (unpaired) electrons. The van der Waals surface area contributed by atoms with Gasteiger partial charge >= 0.3 is 0 Å². The van der Waals surface area contributed by atoms with Crippen LogP contribution in [-0.2, 0) is 0 Å². The van der Waals surface area contributed by atoms with Crippen molar-refractivity contribution in [2.45, 2.75) is 40.5 Å². The highest BCUT2D eigenvalue weighted by Gasteiger charge is 2.05. The van der Waals surface area contributed by atoms with E-state index in [1.165, 1.54) is 25.9 Å². The fourth-order valence-electron chi connectivity index (χ4n) is 2.57. The van der Waals surface area contributed by atoms with Crippen LogP contribution >= 0.6 is 0 Å². The molecule has 2 heterocycles. The first-order valence-electron chi connectivity index (χ1n) is 8.72. The van der Waals surface area contributed by atoms with E-state index in [0.29, 0.717) is 0 Å². The van der Waals surface area contributed by atoms with Crippen molar-refractivity contribution in [1.82, 2.24) is 14.9 Å². The maximum absolute atomic E-state index is 4.27. The standard InChI is InChI=1S/C14H14N2.C7H17N/c1-10-9-13(6-8-15-10)11(2)14-5-4-7-16-12(14)3;1-4-6-8(3)7-5-2/h4-9H,2H2,1,3H3;4-7H2,1-3H3. The fraction of sp³-hybridized carbons (Fsp3) is 0.429. The molecule has 2 aromatic heterocycles. The highest BCUT2D eigenvalue weighted by atomic mass is 15.1. The summed E-state index contributed by atoms with van der Waals surface area (Å²) >= 11 is 0. The van der Waals surface area contributed by atoms with Crippen molar-refractivity contribution in [3.63, 3.8) is 0 Å². The van der Waals surface area contributed by atoms with Crippen LogP contribution < -0.4 is 0 Å². The molecular formula is C21H31N3. The summed E-state index contributed by atoms with van der Waals surface area (Å²) in [7, 11) is 2.17. The number of pyridine rings is 2. The Labute approximate surface area is 147 Å². The monoisotopic (exact) mass is 325 g/mol. The summed E-state index contributed by atoms with van der Waals surface area (Å²) in [6.45, 7) is 15.0. The summed E-state index contributed by atoms with van der Waals surface area (Å²) in [6, 6.07) is 7.98. The van der Waals surface area contributed by atoms with Crippen molar-refractivity contribution in [3.05, 3.63) is 65.8 Å². The lowest BCUT2D eigenvalue weighted by Gasteiger charge is -2.12. The number of rotatable bonds is 6. The third-order valence-corrected chi connectivity index (χ3v) is 3.79. The van der Waals surface area contributed by atoms with E-state index in [9.17, 15) is 0 Å². The van der Waals surface area contributed by atoms with Crippen LogP contribution in [0.2, 0.25) is 0 Å². The maximum atomic E-state index is 4.27. The van der Waals surface area contributed by atoms with Crippen LogP contribution in [0, 0.1) is 13.8 Å². The smallest absolute Gasteiger partial charge is 0.0450 e.